The van der Waals surface area contributed by atoms with Gasteiger partial charge in [-0.15, -0.1) is 0 Å². The highest BCUT2D eigenvalue weighted by Crippen LogP contribution is 2.35. The predicted molar refractivity (Wildman–Crippen MR) is 287 cm³/mol. The fourth-order valence-electron chi connectivity index (χ4n) is 7.72. The predicted octanol–water partition coefficient (Wildman–Crippen LogP) is 13.8. The van der Waals surface area contributed by atoms with Crippen molar-refractivity contribution in [1.82, 2.24) is 0 Å². The number of hydrogen-bond acceptors (Lipinski definition) is 15. The van der Waals surface area contributed by atoms with Crippen molar-refractivity contribution in [2.45, 2.75) is 107 Å². The zero-order valence-corrected chi connectivity index (χ0v) is 44.8. The van der Waals surface area contributed by atoms with Gasteiger partial charge in [0.1, 0.15) is 5.56 Å². The Labute approximate surface area is 441 Å². The summed E-state index contributed by atoms with van der Waals surface area (Å²) in [5.74, 6) is -2.00. The number of carboxylic acids is 1. The minimum Gasteiger partial charge on any atom is -0.481 e. The Balaban J connectivity index is 0.000000476. The van der Waals surface area contributed by atoms with Crippen molar-refractivity contribution in [3.05, 3.63) is 204 Å². The zero-order valence-electron chi connectivity index (χ0n) is 44.8. The Morgan fingerprint density at radius 1 is 0.421 bits per heavy atom. The van der Waals surface area contributed by atoms with Gasteiger partial charge in [0.25, 0.3) is 34.1 Å². The number of nitro groups is 6. The van der Waals surface area contributed by atoms with Gasteiger partial charge >= 0.3 is 11.9 Å². The van der Waals surface area contributed by atoms with Gasteiger partial charge in [-0.25, -0.2) is 0 Å². The van der Waals surface area contributed by atoms with Gasteiger partial charge < -0.3 is 9.84 Å². The minimum atomic E-state index is -1.04. The molecule has 0 fully saturated rings. The maximum absolute atomic E-state index is 11.7. The fraction of sp³-hybridized carbons (Fsp3) is 0.407. The molecule has 3 atom stereocenters. The van der Waals surface area contributed by atoms with E-state index in [0.29, 0.717) is 23.8 Å². The van der Waals surface area contributed by atoms with Crippen LogP contribution in [0.4, 0.5) is 34.1 Å². The number of aliphatic carboxylic acids is 1. The number of nitrogens with zero attached hydrogens (tertiary/aromatic N) is 6. The summed E-state index contributed by atoms with van der Waals surface area (Å²) in [6.07, 6.45) is 1.09. The van der Waals surface area contributed by atoms with Crippen molar-refractivity contribution in [1.29, 1.82) is 0 Å². The van der Waals surface area contributed by atoms with E-state index in [1.54, 1.807) is 62.4 Å². The average Bonchev–Trinajstić information content (AvgIpc) is 3.34. The van der Waals surface area contributed by atoms with E-state index < -0.39 is 43.5 Å². The van der Waals surface area contributed by atoms with E-state index in [4.69, 9.17) is 9.84 Å². The number of carboxylic acid groups (broad SMARTS) is 1. The SMILES string of the molecule is CC(C)C(C(=O)O)c1ccccc1[N+](=O)[O-].CC(C)C(C)c1ccccc1[N+](=O)[O-].CC(C)Cc1c([N+](=O)[O-])cccc1[N+](=O)[O-].CC(C)Cc1ccccc1[N+](=O)[O-].COC(=O)C(c1ccccc1[N+](=O)[O-])C(C)C. The van der Waals surface area contributed by atoms with E-state index in [1.807, 2.05) is 58.9 Å². The van der Waals surface area contributed by atoms with Crippen LogP contribution in [0.3, 0.4) is 0 Å². The standard InChI is InChI=1S/C12H15NO4.C11H13NO4.C11H15NO2.C10H12N2O4.C10H13NO2/c1-8(2)11(12(14)17-3)9-6-4-5-7-10(9)13(15)16;1-7(2)10(11(13)14)8-5-3-4-6-9(8)12(15)16;1-8(2)9(3)10-6-4-5-7-11(10)12(13)14;1-7(2)6-8-9(11(13)14)4-3-5-10(8)12(15)16;1-8(2)7-9-5-3-4-6-10(9)11(12)13/h4-8,11H,1-3H3;3-7,10H,1-2H3,(H,13,14);4-9H,1-3H3;3-5,7H,6H2,1-2H3;3-6,8H,7H2,1-2H3. The summed E-state index contributed by atoms with van der Waals surface area (Å²) in [7, 11) is 1.28. The van der Waals surface area contributed by atoms with Crippen LogP contribution in [0.1, 0.15) is 122 Å². The van der Waals surface area contributed by atoms with Gasteiger partial charge in [-0.2, -0.15) is 0 Å². The van der Waals surface area contributed by atoms with E-state index in [9.17, 15) is 70.3 Å². The highest BCUT2D eigenvalue weighted by molar-refractivity contribution is 5.80. The van der Waals surface area contributed by atoms with Crippen molar-refractivity contribution in [2.75, 3.05) is 7.11 Å². The third-order valence-corrected chi connectivity index (χ3v) is 11.6. The van der Waals surface area contributed by atoms with Crippen LogP contribution in [0.15, 0.2) is 115 Å². The van der Waals surface area contributed by atoms with Crippen LogP contribution in [0.25, 0.3) is 0 Å². The van der Waals surface area contributed by atoms with Gasteiger partial charge in [-0.05, 0) is 54.4 Å². The Hall–Kier alpha value is -8.56. The fourth-order valence-corrected chi connectivity index (χ4v) is 7.72. The maximum Gasteiger partial charge on any atom is 0.313 e. The summed E-state index contributed by atoms with van der Waals surface area (Å²) < 4.78 is 4.70. The first kappa shape index (κ1) is 65.5. The molecule has 0 aliphatic heterocycles. The third kappa shape index (κ3) is 20.4. The van der Waals surface area contributed by atoms with Crippen LogP contribution in [-0.2, 0) is 27.2 Å². The Bertz CT molecular complexity index is 2750. The molecule has 0 heterocycles. The quantitative estimate of drug-likeness (QED) is 0.0484. The molecule has 22 nitrogen and oxygen atoms in total. The van der Waals surface area contributed by atoms with Crippen molar-refractivity contribution >= 4 is 46.1 Å². The van der Waals surface area contributed by atoms with E-state index in [0.717, 1.165) is 17.5 Å². The van der Waals surface area contributed by atoms with Gasteiger partial charge in [-0.1, -0.05) is 149 Å². The number of nitro benzene ring substituents is 6. The first-order valence-corrected chi connectivity index (χ1v) is 24.1. The van der Waals surface area contributed by atoms with Crippen LogP contribution in [0, 0.1) is 90.3 Å². The molecular formula is C54H68N6O16. The van der Waals surface area contributed by atoms with Crippen LogP contribution < -0.4 is 0 Å². The van der Waals surface area contributed by atoms with E-state index in [1.165, 1.54) is 49.6 Å². The Kier molecular flexibility index (Phi) is 27.5. The molecule has 1 N–H and O–H groups in total. The molecule has 0 spiro atoms. The van der Waals surface area contributed by atoms with Gasteiger partial charge in [0.2, 0.25) is 0 Å². The van der Waals surface area contributed by atoms with E-state index in [-0.39, 0.29) is 78.8 Å². The highest BCUT2D eigenvalue weighted by atomic mass is 16.6. The number of hydrogen-bond donors (Lipinski definition) is 1. The average molecular weight is 1060 g/mol. The largest absolute Gasteiger partial charge is 0.481 e. The number of methoxy groups -OCH3 is 1. The second kappa shape index (κ2) is 31.9. The molecule has 3 unspecified atom stereocenters. The molecule has 5 aromatic rings. The lowest BCUT2D eigenvalue weighted by Crippen LogP contribution is -2.20. The van der Waals surface area contributed by atoms with Crippen molar-refractivity contribution in [2.24, 2.45) is 29.6 Å². The maximum atomic E-state index is 11.7. The molecule has 5 rings (SSSR count). The van der Waals surface area contributed by atoms with Crippen LogP contribution in [0.5, 0.6) is 0 Å². The lowest BCUT2D eigenvalue weighted by molar-refractivity contribution is -0.395. The van der Waals surface area contributed by atoms with Gasteiger partial charge in [0.15, 0.2) is 0 Å². The topological polar surface area (TPSA) is 322 Å². The van der Waals surface area contributed by atoms with E-state index in [2.05, 4.69) is 27.7 Å². The molecular weight excluding hydrogens is 989 g/mol. The van der Waals surface area contributed by atoms with Gasteiger partial charge in [-0.3, -0.25) is 70.3 Å². The molecule has 0 saturated heterocycles. The molecule has 0 aliphatic carbocycles. The molecule has 0 saturated carbocycles. The Morgan fingerprint density at radius 2 is 0.737 bits per heavy atom. The first-order valence-electron chi connectivity index (χ1n) is 24.1. The number of rotatable bonds is 18. The van der Waals surface area contributed by atoms with Crippen molar-refractivity contribution in [3.63, 3.8) is 0 Å². The molecule has 5 aromatic carbocycles. The third-order valence-electron chi connectivity index (χ3n) is 11.6. The normalized spacial score (nSPS) is 11.7. The number of para-hydroxylation sites is 4. The van der Waals surface area contributed by atoms with Gasteiger partial charge in [0.05, 0.1) is 48.5 Å². The van der Waals surface area contributed by atoms with Crippen LogP contribution in [-0.4, -0.2) is 53.7 Å². The zero-order chi connectivity index (χ0) is 58.1. The molecule has 76 heavy (non-hydrogen) atoms. The lowest BCUT2D eigenvalue weighted by atomic mass is 9.87. The molecule has 0 aliphatic rings. The van der Waals surface area contributed by atoms with Crippen molar-refractivity contribution in [3.8, 4) is 0 Å². The second-order valence-electron chi connectivity index (χ2n) is 19.2. The van der Waals surface area contributed by atoms with Crippen molar-refractivity contribution < 1.29 is 49.0 Å². The smallest absolute Gasteiger partial charge is 0.313 e. The molecule has 0 radical (unpaired) electrons. The number of ether oxygens (including phenoxy) is 1. The summed E-state index contributed by atoms with van der Waals surface area (Å²) in [6.45, 7) is 21.1. The summed E-state index contributed by atoms with van der Waals surface area (Å²) in [5.41, 5.74) is 2.44. The molecule has 0 amide bonds. The van der Waals surface area contributed by atoms with Crippen LogP contribution >= 0.6 is 0 Å². The number of carbonyl (C=O) groups is 2. The molecule has 410 valence electrons. The number of carbonyl (C=O) groups excluding carboxylic acids is 1. The monoisotopic (exact) mass is 1060 g/mol. The summed E-state index contributed by atoms with van der Waals surface area (Å²) in [5, 5.41) is 73.7. The van der Waals surface area contributed by atoms with E-state index >= 15 is 0 Å². The molecule has 22 heteroatoms. The summed E-state index contributed by atoms with van der Waals surface area (Å²) in [4.78, 5) is 84.5. The molecule has 0 aromatic heterocycles. The number of esters is 1. The highest BCUT2D eigenvalue weighted by Gasteiger charge is 2.32. The number of benzene rings is 5. The van der Waals surface area contributed by atoms with Crippen LogP contribution in [0.2, 0.25) is 0 Å². The first-order chi connectivity index (χ1) is 35.5. The lowest BCUT2D eigenvalue weighted by Gasteiger charge is -2.18. The minimum absolute atomic E-state index is 0.0448. The summed E-state index contributed by atoms with van der Waals surface area (Å²) >= 11 is 0. The summed E-state index contributed by atoms with van der Waals surface area (Å²) in [6, 6.07) is 30.0. The second-order valence-corrected chi connectivity index (χ2v) is 19.2. The molecule has 0 bridgehead atoms. The van der Waals surface area contributed by atoms with Gasteiger partial charge in [0, 0.05) is 58.7 Å². The Morgan fingerprint density at radius 3 is 1.07 bits per heavy atom.